The fourth-order valence-corrected chi connectivity index (χ4v) is 1.77. The maximum atomic E-state index is 12.7. The molecule has 110 valence electrons. The van der Waals surface area contributed by atoms with Crippen molar-refractivity contribution in [1.82, 2.24) is 5.32 Å². The van der Waals surface area contributed by atoms with E-state index in [2.05, 4.69) is 5.32 Å². The summed E-state index contributed by atoms with van der Waals surface area (Å²) in [5.74, 6) is -2.06. The first kappa shape index (κ1) is 15.7. The smallest absolute Gasteiger partial charge is 0.408 e. The van der Waals surface area contributed by atoms with Crippen molar-refractivity contribution in [1.29, 1.82) is 0 Å². The molecule has 1 N–H and O–H groups in total. The second-order valence-electron chi connectivity index (χ2n) is 5.46. The van der Waals surface area contributed by atoms with Crippen LogP contribution < -0.4 is 5.32 Å². The normalized spacial score (nSPS) is 25.9. The highest BCUT2D eigenvalue weighted by Gasteiger charge is 2.66. The molecule has 1 aliphatic carbocycles. The number of alkyl carbamates (subject to hydrolysis) is 1. The summed E-state index contributed by atoms with van der Waals surface area (Å²) in [7, 11) is 0. The molecule has 1 rings (SSSR count). The van der Waals surface area contributed by atoms with Crippen LogP contribution in [0.5, 0.6) is 0 Å². The van der Waals surface area contributed by atoms with Gasteiger partial charge in [0.25, 0.3) is 0 Å². The zero-order chi connectivity index (χ0) is 14.8. The summed E-state index contributed by atoms with van der Waals surface area (Å²) in [6.07, 6.45) is -3.73. The lowest BCUT2D eigenvalue weighted by atomic mass is 10.2. The molecule has 0 bridgehead atoms. The number of ether oxygens (including phenoxy) is 2. The van der Waals surface area contributed by atoms with E-state index < -0.39 is 35.5 Å². The zero-order valence-electron chi connectivity index (χ0n) is 11.5. The molecule has 0 spiro atoms. The Morgan fingerprint density at radius 2 is 2.00 bits per heavy atom. The van der Waals surface area contributed by atoms with Crippen LogP contribution in [0.4, 0.5) is 13.6 Å². The van der Waals surface area contributed by atoms with Crippen molar-refractivity contribution in [2.24, 2.45) is 5.92 Å². The summed E-state index contributed by atoms with van der Waals surface area (Å²) in [5, 5.41) is 2.22. The quantitative estimate of drug-likeness (QED) is 0.800. The molecule has 0 aromatic heterocycles. The molecular weight excluding hydrogens is 260 g/mol. The average molecular weight is 279 g/mol. The lowest BCUT2D eigenvalue weighted by molar-refractivity contribution is -0.148. The molecule has 7 heteroatoms. The van der Waals surface area contributed by atoms with Gasteiger partial charge in [0, 0.05) is 0 Å². The van der Waals surface area contributed by atoms with Gasteiger partial charge in [-0.05, 0) is 34.1 Å². The summed E-state index contributed by atoms with van der Waals surface area (Å²) in [4.78, 5) is 23.3. The van der Waals surface area contributed by atoms with Gasteiger partial charge >= 0.3 is 12.1 Å². The van der Waals surface area contributed by atoms with Gasteiger partial charge in [0.15, 0.2) is 0 Å². The van der Waals surface area contributed by atoms with E-state index in [0.717, 1.165) is 0 Å². The van der Waals surface area contributed by atoms with Crippen molar-refractivity contribution < 1.29 is 27.8 Å². The highest BCUT2D eigenvalue weighted by Crippen LogP contribution is 2.48. The van der Waals surface area contributed by atoms with Gasteiger partial charge in [0.2, 0.25) is 6.43 Å². The van der Waals surface area contributed by atoms with Crippen molar-refractivity contribution in [3.8, 4) is 0 Å². The predicted octanol–water partition coefficient (Wildman–Crippen LogP) is 2.10. The number of hydrogen-bond acceptors (Lipinski definition) is 4. The number of carbonyl (C=O) groups excluding carboxylic acids is 2. The zero-order valence-corrected chi connectivity index (χ0v) is 11.5. The van der Waals surface area contributed by atoms with E-state index in [9.17, 15) is 18.4 Å². The Hall–Kier alpha value is -1.40. The largest absolute Gasteiger partial charge is 0.464 e. The summed E-state index contributed by atoms with van der Waals surface area (Å²) < 4.78 is 35.1. The van der Waals surface area contributed by atoms with Gasteiger partial charge in [-0.15, -0.1) is 0 Å². The topological polar surface area (TPSA) is 64.6 Å². The standard InChI is InChI=1S/C12H19F2NO4/c1-5-18-9(16)12(6-7(12)8(13)14)15-10(17)19-11(2,3)4/h7-8H,5-6H2,1-4H3,(H,15,17). The van der Waals surface area contributed by atoms with E-state index in [1.54, 1.807) is 27.7 Å². The molecule has 0 aromatic rings. The third-order valence-electron chi connectivity index (χ3n) is 2.68. The molecule has 0 heterocycles. The Morgan fingerprint density at radius 1 is 1.42 bits per heavy atom. The number of alkyl halides is 2. The van der Waals surface area contributed by atoms with Crippen LogP contribution in [0.1, 0.15) is 34.1 Å². The molecule has 1 amide bonds. The number of nitrogens with one attached hydrogen (secondary N) is 1. The summed E-state index contributed by atoms with van der Waals surface area (Å²) in [6.45, 7) is 6.55. The Labute approximate surface area is 110 Å². The molecule has 2 atom stereocenters. The van der Waals surface area contributed by atoms with Crippen LogP contribution in [0.2, 0.25) is 0 Å². The number of esters is 1. The summed E-state index contributed by atoms with van der Waals surface area (Å²) in [6, 6.07) is 0. The van der Waals surface area contributed by atoms with Crippen molar-refractivity contribution in [3.63, 3.8) is 0 Å². The summed E-state index contributed by atoms with van der Waals surface area (Å²) >= 11 is 0. The second kappa shape index (κ2) is 5.30. The number of rotatable bonds is 4. The Balaban J connectivity index is 2.73. The van der Waals surface area contributed by atoms with Crippen LogP contribution in [0.15, 0.2) is 0 Å². The van der Waals surface area contributed by atoms with Crippen molar-refractivity contribution in [3.05, 3.63) is 0 Å². The fraction of sp³-hybridized carbons (Fsp3) is 0.833. The van der Waals surface area contributed by atoms with Gasteiger partial charge in [-0.3, -0.25) is 0 Å². The second-order valence-corrected chi connectivity index (χ2v) is 5.46. The Bertz CT molecular complexity index is 367. The SMILES string of the molecule is CCOC(=O)C1(NC(=O)OC(C)(C)C)CC1C(F)F. The lowest BCUT2D eigenvalue weighted by Gasteiger charge is -2.23. The molecule has 1 fully saturated rings. The maximum Gasteiger partial charge on any atom is 0.408 e. The number of carbonyl (C=O) groups is 2. The third kappa shape index (κ3) is 3.78. The molecule has 5 nitrogen and oxygen atoms in total. The molecular formula is C12H19F2NO4. The first-order chi connectivity index (χ1) is 8.62. The van der Waals surface area contributed by atoms with Gasteiger partial charge < -0.3 is 14.8 Å². The van der Waals surface area contributed by atoms with Crippen LogP contribution in [0, 0.1) is 5.92 Å². The van der Waals surface area contributed by atoms with E-state index in [1.807, 2.05) is 0 Å². The van der Waals surface area contributed by atoms with Crippen molar-refractivity contribution in [2.45, 2.75) is 51.7 Å². The first-order valence-electron chi connectivity index (χ1n) is 6.09. The molecule has 0 radical (unpaired) electrons. The van der Waals surface area contributed by atoms with E-state index in [1.165, 1.54) is 0 Å². The third-order valence-corrected chi connectivity index (χ3v) is 2.68. The van der Waals surface area contributed by atoms with Crippen molar-refractivity contribution >= 4 is 12.1 Å². The Morgan fingerprint density at radius 3 is 2.37 bits per heavy atom. The van der Waals surface area contributed by atoms with E-state index >= 15 is 0 Å². The van der Waals surface area contributed by atoms with Crippen LogP contribution >= 0.6 is 0 Å². The van der Waals surface area contributed by atoms with E-state index in [-0.39, 0.29) is 13.0 Å². The van der Waals surface area contributed by atoms with Crippen LogP contribution in [0.25, 0.3) is 0 Å². The molecule has 0 saturated heterocycles. The van der Waals surface area contributed by atoms with Crippen LogP contribution in [0.3, 0.4) is 0 Å². The van der Waals surface area contributed by atoms with Crippen LogP contribution in [-0.2, 0) is 14.3 Å². The Kier molecular flexibility index (Phi) is 4.37. The van der Waals surface area contributed by atoms with Gasteiger partial charge in [0.1, 0.15) is 11.1 Å². The fourth-order valence-electron chi connectivity index (χ4n) is 1.77. The maximum absolute atomic E-state index is 12.7. The monoisotopic (exact) mass is 279 g/mol. The summed E-state index contributed by atoms with van der Waals surface area (Å²) in [5.41, 5.74) is -2.42. The lowest BCUT2D eigenvalue weighted by Crippen LogP contribution is -2.48. The van der Waals surface area contributed by atoms with Gasteiger partial charge in [0.05, 0.1) is 12.5 Å². The molecule has 0 aromatic carbocycles. The van der Waals surface area contributed by atoms with Crippen LogP contribution in [-0.4, -0.2) is 36.2 Å². The average Bonchev–Trinajstić information content (AvgIpc) is 2.91. The molecule has 1 saturated carbocycles. The van der Waals surface area contributed by atoms with Gasteiger partial charge in [-0.2, -0.15) is 0 Å². The first-order valence-corrected chi connectivity index (χ1v) is 6.09. The number of hydrogen-bond donors (Lipinski definition) is 1. The van der Waals surface area contributed by atoms with Gasteiger partial charge in [-0.25, -0.2) is 18.4 Å². The molecule has 19 heavy (non-hydrogen) atoms. The predicted molar refractivity (Wildman–Crippen MR) is 62.8 cm³/mol. The van der Waals surface area contributed by atoms with Crippen molar-refractivity contribution in [2.75, 3.05) is 6.61 Å². The highest BCUT2D eigenvalue weighted by atomic mass is 19.3. The van der Waals surface area contributed by atoms with E-state index in [4.69, 9.17) is 9.47 Å². The molecule has 1 aliphatic rings. The molecule has 2 unspecified atom stereocenters. The minimum absolute atomic E-state index is 0.0620. The number of amides is 1. The van der Waals surface area contributed by atoms with E-state index in [0.29, 0.717) is 0 Å². The highest BCUT2D eigenvalue weighted by molar-refractivity contribution is 5.89. The minimum atomic E-state index is -2.70. The molecule has 0 aliphatic heterocycles. The number of halogens is 2. The minimum Gasteiger partial charge on any atom is -0.464 e. The van der Waals surface area contributed by atoms with Gasteiger partial charge in [-0.1, -0.05) is 0 Å².